The number of carbonyl (C=O) groups excluding carboxylic acids is 1. The number of carbonyl (C=O) groups is 1. The largest absolute Gasteiger partial charge is 0.340 e. The van der Waals surface area contributed by atoms with Crippen molar-refractivity contribution in [2.45, 2.75) is 47.0 Å². The molecule has 3 aromatic rings. The average molecular weight is 408 g/mol. The third-order valence-corrected chi connectivity index (χ3v) is 6.35. The van der Waals surface area contributed by atoms with Crippen LogP contribution >= 0.6 is 0 Å². The summed E-state index contributed by atoms with van der Waals surface area (Å²) in [4.78, 5) is 22.2. The molecular formula is C24H33N5O. The number of hydrogen-bond donors (Lipinski definition) is 0. The minimum Gasteiger partial charge on any atom is -0.340 e. The fourth-order valence-corrected chi connectivity index (χ4v) is 4.39. The minimum absolute atomic E-state index is 0.253. The second kappa shape index (κ2) is 8.72. The number of piperazine rings is 1. The summed E-state index contributed by atoms with van der Waals surface area (Å²) in [6.45, 7) is 13.5. The Morgan fingerprint density at radius 2 is 1.83 bits per heavy atom. The maximum absolute atomic E-state index is 12.8. The Morgan fingerprint density at radius 3 is 2.57 bits per heavy atom. The fraction of sp³-hybridized carbons (Fsp3) is 0.542. The molecule has 0 aliphatic carbocycles. The normalized spacial score (nSPS) is 15.6. The van der Waals surface area contributed by atoms with Gasteiger partial charge in [0.1, 0.15) is 0 Å². The number of fused-ring (bicyclic) bond motifs is 3. The Bertz CT molecular complexity index is 1050. The van der Waals surface area contributed by atoms with Crippen molar-refractivity contribution in [2.75, 3.05) is 32.7 Å². The van der Waals surface area contributed by atoms with E-state index in [2.05, 4.69) is 31.7 Å². The summed E-state index contributed by atoms with van der Waals surface area (Å²) >= 11 is 0. The number of benzene rings is 1. The Balaban J connectivity index is 1.41. The van der Waals surface area contributed by atoms with Crippen LogP contribution in [0.2, 0.25) is 0 Å². The van der Waals surface area contributed by atoms with Crippen molar-refractivity contribution in [3.8, 4) is 0 Å². The highest BCUT2D eigenvalue weighted by molar-refractivity contribution is 5.92. The summed E-state index contributed by atoms with van der Waals surface area (Å²) in [6, 6.07) is 8.10. The smallest absolute Gasteiger partial charge is 0.222 e. The molecule has 0 saturated carbocycles. The minimum atomic E-state index is 0.253. The molecule has 1 aliphatic heterocycles. The van der Waals surface area contributed by atoms with Crippen molar-refractivity contribution in [3.05, 3.63) is 41.2 Å². The number of nitrogens with zero attached hydrogens (tertiary/aromatic N) is 5. The lowest BCUT2D eigenvalue weighted by Gasteiger charge is -2.35. The molecule has 2 aromatic heterocycles. The Morgan fingerprint density at radius 1 is 1.10 bits per heavy atom. The van der Waals surface area contributed by atoms with Crippen LogP contribution in [-0.2, 0) is 11.2 Å². The first-order valence-electron chi connectivity index (χ1n) is 11.2. The van der Waals surface area contributed by atoms with Crippen LogP contribution in [0.15, 0.2) is 24.3 Å². The van der Waals surface area contributed by atoms with Gasteiger partial charge in [0.05, 0.1) is 5.52 Å². The Kier molecular flexibility index (Phi) is 6.04. The molecule has 0 N–H and O–H groups in total. The third kappa shape index (κ3) is 4.19. The molecule has 0 bridgehead atoms. The first-order valence-corrected chi connectivity index (χ1v) is 11.2. The molecule has 1 amide bonds. The molecule has 4 rings (SSSR count). The van der Waals surface area contributed by atoms with Gasteiger partial charge in [0.2, 0.25) is 5.91 Å². The van der Waals surface area contributed by atoms with Gasteiger partial charge in [0.15, 0.2) is 5.65 Å². The molecule has 6 nitrogen and oxygen atoms in total. The van der Waals surface area contributed by atoms with Gasteiger partial charge >= 0.3 is 0 Å². The predicted molar refractivity (Wildman–Crippen MR) is 121 cm³/mol. The molecule has 1 saturated heterocycles. The summed E-state index contributed by atoms with van der Waals surface area (Å²) in [5.74, 6) is 0.984. The fourth-order valence-electron chi connectivity index (χ4n) is 4.39. The number of rotatable bonds is 6. The molecule has 1 fully saturated rings. The van der Waals surface area contributed by atoms with Crippen molar-refractivity contribution >= 4 is 22.5 Å². The molecular weight excluding hydrogens is 374 g/mol. The molecule has 30 heavy (non-hydrogen) atoms. The molecule has 0 unspecified atom stereocenters. The molecule has 6 heteroatoms. The number of aryl methyl sites for hydroxylation is 2. The zero-order valence-corrected chi connectivity index (χ0v) is 18.7. The van der Waals surface area contributed by atoms with E-state index in [4.69, 9.17) is 10.1 Å². The SMILES string of the molecule is Cc1nc2c3ccccc3nn2c(C)c1CCC(=O)N1CCN(CCC(C)C)CC1. The monoisotopic (exact) mass is 407 g/mol. The van der Waals surface area contributed by atoms with Gasteiger partial charge in [0, 0.05) is 49.4 Å². The van der Waals surface area contributed by atoms with E-state index in [1.807, 2.05) is 34.5 Å². The van der Waals surface area contributed by atoms with Crippen molar-refractivity contribution < 1.29 is 4.79 Å². The standard InChI is InChI=1S/C24H33N5O/c1-17(2)11-12-27-13-15-28(16-14-27)23(30)10-9-20-18(3)25-24-21-7-5-6-8-22(21)26-29(24)19(20)4/h5-8,17H,9-16H2,1-4H3. The van der Waals surface area contributed by atoms with Gasteiger partial charge in [-0.15, -0.1) is 0 Å². The van der Waals surface area contributed by atoms with Crippen LogP contribution in [0.3, 0.4) is 0 Å². The average Bonchev–Trinajstić information content (AvgIpc) is 3.11. The van der Waals surface area contributed by atoms with Gasteiger partial charge in [-0.05, 0) is 56.8 Å². The first-order chi connectivity index (χ1) is 14.4. The molecule has 3 heterocycles. The molecule has 0 radical (unpaired) electrons. The second-order valence-electron chi connectivity index (χ2n) is 8.92. The molecule has 1 aromatic carbocycles. The lowest BCUT2D eigenvalue weighted by atomic mass is 10.1. The molecule has 1 aliphatic rings. The summed E-state index contributed by atoms with van der Waals surface area (Å²) in [6.07, 6.45) is 2.47. The Labute approximate surface area is 178 Å². The summed E-state index contributed by atoms with van der Waals surface area (Å²) in [5.41, 5.74) is 5.07. The first kappa shape index (κ1) is 20.8. The summed E-state index contributed by atoms with van der Waals surface area (Å²) in [5, 5.41) is 5.80. The topological polar surface area (TPSA) is 53.7 Å². The van der Waals surface area contributed by atoms with Crippen molar-refractivity contribution in [2.24, 2.45) is 5.92 Å². The highest BCUT2D eigenvalue weighted by Gasteiger charge is 2.22. The van der Waals surface area contributed by atoms with E-state index >= 15 is 0 Å². The van der Waals surface area contributed by atoms with Crippen LogP contribution in [0.25, 0.3) is 16.6 Å². The van der Waals surface area contributed by atoms with Crippen molar-refractivity contribution in [3.63, 3.8) is 0 Å². The lowest BCUT2D eigenvalue weighted by molar-refractivity contribution is -0.132. The van der Waals surface area contributed by atoms with E-state index in [1.165, 1.54) is 6.42 Å². The maximum Gasteiger partial charge on any atom is 0.222 e. The summed E-state index contributed by atoms with van der Waals surface area (Å²) < 4.78 is 1.94. The Hall–Kier alpha value is -2.47. The van der Waals surface area contributed by atoms with Crippen LogP contribution in [0.4, 0.5) is 0 Å². The number of aromatic nitrogens is 3. The highest BCUT2D eigenvalue weighted by atomic mass is 16.2. The van der Waals surface area contributed by atoms with Crippen LogP contribution in [0.5, 0.6) is 0 Å². The third-order valence-electron chi connectivity index (χ3n) is 6.35. The predicted octanol–water partition coefficient (Wildman–Crippen LogP) is 3.62. The van der Waals surface area contributed by atoms with Gasteiger partial charge in [-0.3, -0.25) is 9.69 Å². The highest BCUT2D eigenvalue weighted by Crippen LogP contribution is 2.23. The van der Waals surface area contributed by atoms with E-state index in [0.29, 0.717) is 12.8 Å². The van der Waals surface area contributed by atoms with E-state index in [9.17, 15) is 4.79 Å². The van der Waals surface area contributed by atoms with E-state index < -0.39 is 0 Å². The van der Waals surface area contributed by atoms with Gasteiger partial charge in [-0.2, -0.15) is 5.10 Å². The summed E-state index contributed by atoms with van der Waals surface area (Å²) in [7, 11) is 0. The zero-order chi connectivity index (χ0) is 21.3. The maximum atomic E-state index is 12.8. The van der Waals surface area contributed by atoms with Gasteiger partial charge in [0.25, 0.3) is 0 Å². The van der Waals surface area contributed by atoms with E-state index in [-0.39, 0.29) is 5.91 Å². The lowest BCUT2D eigenvalue weighted by Crippen LogP contribution is -2.49. The van der Waals surface area contributed by atoms with Crippen LogP contribution in [0.1, 0.15) is 43.6 Å². The number of hydrogen-bond acceptors (Lipinski definition) is 4. The van der Waals surface area contributed by atoms with Crippen molar-refractivity contribution in [1.29, 1.82) is 0 Å². The number of amides is 1. The van der Waals surface area contributed by atoms with Gasteiger partial charge < -0.3 is 4.90 Å². The molecule has 0 spiro atoms. The van der Waals surface area contributed by atoms with E-state index in [0.717, 1.165) is 72.1 Å². The van der Waals surface area contributed by atoms with Gasteiger partial charge in [-0.25, -0.2) is 9.50 Å². The van der Waals surface area contributed by atoms with E-state index in [1.54, 1.807) is 0 Å². The van der Waals surface area contributed by atoms with Crippen LogP contribution in [0, 0.1) is 19.8 Å². The zero-order valence-electron chi connectivity index (χ0n) is 18.7. The van der Waals surface area contributed by atoms with Crippen LogP contribution in [-0.4, -0.2) is 63.0 Å². The molecule has 0 atom stereocenters. The van der Waals surface area contributed by atoms with Crippen molar-refractivity contribution in [1.82, 2.24) is 24.4 Å². The second-order valence-corrected chi connectivity index (χ2v) is 8.92. The quantitative estimate of drug-likeness (QED) is 0.626. The van der Waals surface area contributed by atoms with Crippen LogP contribution < -0.4 is 0 Å². The molecule has 160 valence electrons. The van der Waals surface area contributed by atoms with Gasteiger partial charge in [-0.1, -0.05) is 26.0 Å².